The number of fused-ring (bicyclic) bond motifs is 4. The fourth-order valence-corrected chi connectivity index (χ4v) is 4.61. The summed E-state index contributed by atoms with van der Waals surface area (Å²) < 4.78 is 23.8. The van der Waals surface area contributed by atoms with Gasteiger partial charge in [-0.15, -0.1) is 0 Å². The van der Waals surface area contributed by atoms with Gasteiger partial charge < -0.3 is 30.0 Å². The van der Waals surface area contributed by atoms with E-state index >= 15 is 0 Å². The van der Waals surface area contributed by atoms with Crippen LogP contribution in [0.25, 0.3) is 16.9 Å². The molecule has 2 amide bonds. The molecule has 6 rings (SSSR count). The zero-order valence-electron chi connectivity index (χ0n) is 20.0. The van der Waals surface area contributed by atoms with E-state index in [1.165, 1.54) is 0 Å². The van der Waals surface area contributed by atoms with Gasteiger partial charge in [0.05, 0.1) is 18.5 Å². The van der Waals surface area contributed by atoms with Crippen molar-refractivity contribution >= 4 is 17.5 Å². The lowest BCUT2D eigenvalue weighted by Crippen LogP contribution is -2.16. The van der Waals surface area contributed by atoms with E-state index in [4.69, 9.17) is 24.7 Å². The van der Waals surface area contributed by atoms with Crippen LogP contribution in [0.2, 0.25) is 0 Å². The summed E-state index contributed by atoms with van der Waals surface area (Å²) in [5, 5.41) is 7.47. The number of methoxy groups -OCH3 is 1. The quantitative estimate of drug-likeness (QED) is 0.428. The number of nitrogens with one attached hydrogen (secondary N) is 1. The van der Waals surface area contributed by atoms with Crippen molar-refractivity contribution in [2.45, 2.75) is 13.5 Å². The van der Waals surface area contributed by atoms with E-state index < -0.39 is 5.91 Å². The molecule has 0 bridgehead atoms. The van der Waals surface area contributed by atoms with Crippen LogP contribution in [0.1, 0.15) is 32.0 Å². The third-order valence-electron chi connectivity index (χ3n) is 6.43. The summed E-state index contributed by atoms with van der Waals surface area (Å²) in [6.45, 7) is 2.09. The molecule has 186 valence electrons. The molecular formula is C27H22N4O6. The smallest absolute Gasteiger partial charge is 0.269 e. The first-order valence-corrected chi connectivity index (χ1v) is 11.5. The zero-order valence-corrected chi connectivity index (χ0v) is 20.0. The van der Waals surface area contributed by atoms with Crippen molar-refractivity contribution in [2.24, 2.45) is 5.73 Å². The summed E-state index contributed by atoms with van der Waals surface area (Å²) in [7, 11) is 1.56. The summed E-state index contributed by atoms with van der Waals surface area (Å²) in [6.07, 6.45) is 0. The number of anilines is 1. The van der Waals surface area contributed by atoms with Crippen LogP contribution in [0, 0.1) is 6.92 Å². The molecule has 0 spiro atoms. The van der Waals surface area contributed by atoms with E-state index in [2.05, 4.69) is 10.4 Å². The number of primary amides is 1. The molecule has 0 atom stereocenters. The molecule has 10 heteroatoms. The van der Waals surface area contributed by atoms with E-state index in [9.17, 15) is 9.59 Å². The Morgan fingerprint density at radius 2 is 1.84 bits per heavy atom. The van der Waals surface area contributed by atoms with Crippen LogP contribution in [0.15, 0.2) is 54.6 Å². The Hall–Kier alpha value is -4.99. The topological polar surface area (TPSA) is 127 Å². The molecule has 0 aliphatic carbocycles. The molecule has 0 unspecified atom stereocenters. The summed E-state index contributed by atoms with van der Waals surface area (Å²) in [4.78, 5) is 25.4. The molecule has 0 fully saturated rings. The minimum Gasteiger partial charge on any atom is -0.496 e. The van der Waals surface area contributed by atoms with Gasteiger partial charge in [-0.2, -0.15) is 5.10 Å². The molecule has 10 nitrogen and oxygen atoms in total. The van der Waals surface area contributed by atoms with Crippen molar-refractivity contribution in [1.82, 2.24) is 9.78 Å². The van der Waals surface area contributed by atoms with Gasteiger partial charge in [0.2, 0.25) is 6.79 Å². The molecule has 2 aliphatic rings. The number of carbonyl (C=O) groups excluding carboxylic acids is 2. The van der Waals surface area contributed by atoms with Crippen molar-refractivity contribution < 1.29 is 28.5 Å². The van der Waals surface area contributed by atoms with Gasteiger partial charge >= 0.3 is 0 Å². The van der Waals surface area contributed by atoms with Gasteiger partial charge in [-0.05, 0) is 49.4 Å². The number of carbonyl (C=O) groups is 2. The van der Waals surface area contributed by atoms with Crippen molar-refractivity contribution in [3.8, 4) is 39.9 Å². The van der Waals surface area contributed by atoms with Crippen molar-refractivity contribution in [3.05, 3.63) is 77.0 Å². The maximum atomic E-state index is 13.1. The number of amides is 2. The standard InChI is InChI=1S/C27H22N4O6/c1-14-17(4-3-5-20(14)34-2)27(33)29-15-6-8-21-18(10-15)25-19(12-35-21)24(26(28)32)30-31(25)16-7-9-22-23(11-16)37-13-36-22/h3-11H,12-13H2,1-2H3,(H2,28,32)(H,29,33). The Labute approximate surface area is 211 Å². The van der Waals surface area contributed by atoms with Gasteiger partial charge in [-0.25, -0.2) is 4.68 Å². The van der Waals surface area contributed by atoms with E-state index in [0.29, 0.717) is 56.8 Å². The van der Waals surface area contributed by atoms with Crippen LogP contribution in [-0.4, -0.2) is 35.5 Å². The number of benzene rings is 3. The highest BCUT2D eigenvalue weighted by Gasteiger charge is 2.30. The Kier molecular flexibility index (Phi) is 5.22. The average Bonchev–Trinajstić information content (AvgIpc) is 3.53. The Morgan fingerprint density at radius 1 is 1.03 bits per heavy atom. The summed E-state index contributed by atoms with van der Waals surface area (Å²) >= 11 is 0. The van der Waals surface area contributed by atoms with Gasteiger partial charge in [0.15, 0.2) is 17.2 Å². The van der Waals surface area contributed by atoms with Crippen LogP contribution in [0.4, 0.5) is 5.69 Å². The third-order valence-corrected chi connectivity index (χ3v) is 6.43. The van der Waals surface area contributed by atoms with Crippen LogP contribution >= 0.6 is 0 Å². The third kappa shape index (κ3) is 3.70. The lowest BCUT2D eigenvalue weighted by Gasteiger charge is -2.21. The number of hydrogen-bond donors (Lipinski definition) is 2. The average molecular weight is 498 g/mol. The number of aromatic nitrogens is 2. The number of hydrogen-bond acceptors (Lipinski definition) is 7. The number of nitrogens with two attached hydrogens (primary N) is 1. The molecular weight excluding hydrogens is 476 g/mol. The van der Waals surface area contributed by atoms with E-state index in [1.807, 2.05) is 13.0 Å². The normalized spacial score (nSPS) is 12.8. The minimum absolute atomic E-state index is 0.111. The monoisotopic (exact) mass is 498 g/mol. The highest BCUT2D eigenvalue weighted by molar-refractivity contribution is 6.06. The van der Waals surface area contributed by atoms with Crippen LogP contribution in [0.3, 0.4) is 0 Å². The maximum Gasteiger partial charge on any atom is 0.269 e. The fourth-order valence-electron chi connectivity index (χ4n) is 4.61. The summed E-state index contributed by atoms with van der Waals surface area (Å²) in [6, 6.07) is 16.0. The second kappa shape index (κ2) is 8.59. The Bertz CT molecular complexity index is 1590. The first-order valence-electron chi connectivity index (χ1n) is 11.5. The Balaban J connectivity index is 1.43. The zero-order chi connectivity index (χ0) is 25.7. The first-order chi connectivity index (χ1) is 17.9. The lowest BCUT2D eigenvalue weighted by atomic mass is 10.0. The van der Waals surface area contributed by atoms with Crippen LogP contribution in [0.5, 0.6) is 23.0 Å². The largest absolute Gasteiger partial charge is 0.496 e. The number of ether oxygens (including phenoxy) is 4. The molecule has 3 heterocycles. The molecule has 3 aromatic carbocycles. The van der Waals surface area contributed by atoms with E-state index in [0.717, 1.165) is 5.56 Å². The first kappa shape index (κ1) is 22.5. The molecule has 0 saturated carbocycles. The van der Waals surface area contributed by atoms with Gasteiger partial charge in [0, 0.05) is 34.0 Å². The molecule has 3 N–H and O–H groups in total. The minimum atomic E-state index is -0.666. The number of nitrogens with zero attached hydrogens (tertiary/aromatic N) is 2. The molecule has 1 aromatic heterocycles. The molecule has 37 heavy (non-hydrogen) atoms. The van der Waals surface area contributed by atoms with Crippen molar-refractivity contribution in [3.63, 3.8) is 0 Å². The van der Waals surface area contributed by atoms with Crippen LogP contribution < -0.4 is 30.0 Å². The fraction of sp³-hybridized carbons (Fsp3) is 0.148. The molecule has 4 aromatic rings. The van der Waals surface area contributed by atoms with Crippen molar-refractivity contribution in [1.29, 1.82) is 0 Å². The molecule has 0 saturated heterocycles. The highest BCUT2D eigenvalue weighted by Crippen LogP contribution is 2.43. The molecule has 2 aliphatic heterocycles. The van der Waals surface area contributed by atoms with Gasteiger partial charge in [0.1, 0.15) is 18.1 Å². The van der Waals surface area contributed by atoms with Gasteiger partial charge in [0.25, 0.3) is 11.8 Å². The second-order valence-electron chi connectivity index (χ2n) is 8.58. The maximum absolute atomic E-state index is 13.1. The van der Waals surface area contributed by atoms with E-state index in [1.54, 1.807) is 60.3 Å². The Morgan fingerprint density at radius 3 is 2.65 bits per heavy atom. The SMILES string of the molecule is COc1cccc(C(=O)Nc2ccc3c(c2)-c2c(c(C(N)=O)nn2-c2ccc4c(c2)OCO4)CO3)c1C. The van der Waals surface area contributed by atoms with Crippen LogP contribution in [-0.2, 0) is 6.61 Å². The predicted octanol–water partition coefficient (Wildman–Crippen LogP) is 3.83. The molecule has 0 radical (unpaired) electrons. The summed E-state index contributed by atoms with van der Waals surface area (Å²) in [5.74, 6) is 1.46. The van der Waals surface area contributed by atoms with Gasteiger partial charge in [-0.3, -0.25) is 9.59 Å². The van der Waals surface area contributed by atoms with E-state index in [-0.39, 0.29) is 25.0 Å². The second-order valence-corrected chi connectivity index (χ2v) is 8.58. The summed E-state index contributed by atoms with van der Waals surface area (Å²) in [5.41, 5.74) is 10.0. The van der Waals surface area contributed by atoms with Gasteiger partial charge in [-0.1, -0.05) is 6.07 Å². The van der Waals surface area contributed by atoms with Crippen molar-refractivity contribution in [2.75, 3.05) is 19.2 Å². The predicted molar refractivity (Wildman–Crippen MR) is 134 cm³/mol. The number of rotatable bonds is 5. The highest BCUT2D eigenvalue weighted by atomic mass is 16.7. The lowest BCUT2D eigenvalue weighted by molar-refractivity contribution is 0.0990.